The molecule has 0 saturated heterocycles. The van der Waals surface area contributed by atoms with Crippen LogP contribution in [0, 0.1) is 0 Å². The van der Waals surface area contributed by atoms with Crippen molar-refractivity contribution in [2.75, 3.05) is 20.3 Å². The van der Waals surface area contributed by atoms with Crippen LogP contribution in [0.15, 0.2) is 71.8 Å². The first-order valence-electron chi connectivity index (χ1n) is 10.3. The number of rotatable bonds is 10. The van der Waals surface area contributed by atoms with Gasteiger partial charge in [0.15, 0.2) is 29.6 Å². The summed E-state index contributed by atoms with van der Waals surface area (Å²) in [5, 5.41) is 4.21. The third-order valence-corrected chi connectivity index (χ3v) is 4.72. The van der Waals surface area contributed by atoms with E-state index in [9.17, 15) is 9.59 Å². The first-order chi connectivity index (χ1) is 16.5. The van der Waals surface area contributed by atoms with E-state index < -0.39 is 11.9 Å². The molecule has 0 atom stereocenters. The lowest BCUT2D eigenvalue weighted by Crippen LogP contribution is -2.24. The lowest BCUT2D eigenvalue weighted by atomic mass is 10.2. The van der Waals surface area contributed by atoms with E-state index in [1.165, 1.54) is 13.3 Å². The van der Waals surface area contributed by atoms with Gasteiger partial charge in [-0.15, -0.1) is 0 Å². The number of nitrogens with one attached hydrogen (secondary N) is 1. The molecule has 0 heterocycles. The Morgan fingerprint density at radius 2 is 1.65 bits per heavy atom. The molecule has 0 radical (unpaired) electrons. The summed E-state index contributed by atoms with van der Waals surface area (Å²) in [6.07, 6.45) is 1.42. The van der Waals surface area contributed by atoms with E-state index >= 15 is 0 Å². The van der Waals surface area contributed by atoms with Gasteiger partial charge in [-0.05, 0) is 55.0 Å². The molecule has 8 nitrogen and oxygen atoms in total. The van der Waals surface area contributed by atoms with E-state index in [0.717, 1.165) is 0 Å². The van der Waals surface area contributed by atoms with E-state index in [-0.39, 0.29) is 22.9 Å². The average Bonchev–Trinajstić information content (AvgIpc) is 2.84. The van der Waals surface area contributed by atoms with Crippen LogP contribution in [0.5, 0.6) is 23.0 Å². The van der Waals surface area contributed by atoms with Gasteiger partial charge in [-0.3, -0.25) is 4.79 Å². The van der Waals surface area contributed by atoms with Crippen molar-refractivity contribution in [1.29, 1.82) is 0 Å². The maximum absolute atomic E-state index is 12.4. The molecule has 9 heteroatoms. The summed E-state index contributed by atoms with van der Waals surface area (Å²) in [6, 6.07) is 18.5. The quantitative estimate of drug-likeness (QED) is 0.198. The predicted octanol–water partition coefficient (Wildman–Crippen LogP) is 4.50. The minimum Gasteiger partial charge on any atom is -0.493 e. The summed E-state index contributed by atoms with van der Waals surface area (Å²) in [5.74, 6) is 0.503. The monoisotopic (exact) mass is 482 g/mol. The summed E-state index contributed by atoms with van der Waals surface area (Å²) in [5.41, 5.74) is 3.24. The fraction of sp³-hybridized carbons (Fsp3) is 0.160. The van der Waals surface area contributed by atoms with Crippen LogP contribution in [0.2, 0.25) is 5.02 Å². The van der Waals surface area contributed by atoms with Crippen molar-refractivity contribution >= 4 is 29.7 Å². The van der Waals surface area contributed by atoms with Crippen LogP contribution < -0.4 is 24.4 Å². The number of esters is 1. The summed E-state index contributed by atoms with van der Waals surface area (Å²) in [6.45, 7) is 2.11. The van der Waals surface area contributed by atoms with Gasteiger partial charge in [0, 0.05) is 0 Å². The largest absolute Gasteiger partial charge is 0.493 e. The van der Waals surface area contributed by atoms with Gasteiger partial charge < -0.3 is 18.9 Å². The highest BCUT2D eigenvalue weighted by Crippen LogP contribution is 2.29. The number of amides is 1. The number of nitrogens with zero attached hydrogens (tertiary/aromatic N) is 1. The molecule has 0 bridgehead atoms. The van der Waals surface area contributed by atoms with Gasteiger partial charge in [0.25, 0.3) is 5.91 Å². The normalized spacial score (nSPS) is 10.6. The van der Waals surface area contributed by atoms with E-state index in [4.69, 9.17) is 30.5 Å². The number of ether oxygens (including phenoxy) is 4. The first kappa shape index (κ1) is 24.6. The first-order valence-corrected chi connectivity index (χ1v) is 10.7. The Labute approximate surface area is 202 Å². The van der Waals surface area contributed by atoms with Crippen molar-refractivity contribution in [2.45, 2.75) is 6.92 Å². The van der Waals surface area contributed by atoms with E-state index in [1.54, 1.807) is 60.7 Å². The van der Waals surface area contributed by atoms with Gasteiger partial charge in [0.2, 0.25) is 0 Å². The van der Waals surface area contributed by atoms with Crippen molar-refractivity contribution in [1.82, 2.24) is 5.43 Å². The molecule has 176 valence electrons. The number of methoxy groups -OCH3 is 1. The van der Waals surface area contributed by atoms with Gasteiger partial charge >= 0.3 is 5.97 Å². The zero-order valence-corrected chi connectivity index (χ0v) is 19.4. The number of hydrogen-bond acceptors (Lipinski definition) is 7. The van der Waals surface area contributed by atoms with E-state index in [0.29, 0.717) is 29.4 Å². The SMILES string of the molecule is CCOc1ccccc1OCC(=O)N/N=C\c1ccc(OC(=O)c2ccccc2Cl)c(OC)c1. The van der Waals surface area contributed by atoms with Crippen molar-refractivity contribution in [2.24, 2.45) is 5.10 Å². The topological polar surface area (TPSA) is 95.5 Å². The second-order valence-corrected chi connectivity index (χ2v) is 7.15. The molecule has 1 amide bonds. The maximum atomic E-state index is 12.4. The Balaban J connectivity index is 1.57. The zero-order chi connectivity index (χ0) is 24.3. The predicted molar refractivity (Wildman–Crippen MR) is 128 cm³/mol. The van der Waals surface area contributed by atoms with Crippen LogP contribution in [0.3, 0.4) is 0 Å². The standard InChI is InChI=1S/C25H23ClN2O6/c1-3-32-20-10-6-7-11-21(20)33-16-24(29)28-27-15-17-12-13-22(23(14-17)31-2)34-25(30)18-8-4-5-9-19(18)26/h4-15H,3,16H2,1-2H3,(H,28,29)/b27-15-. The molecule has 0 aliphatic rings. The molecule has 0 unspecified atom stereocenters. The Hall–Kier alpha value is -4.04. The molecule has 3 aromatic carbocycles. The molecule has 0 aliphatic heterocycles. The third kappa shape index (κ3) is 6.73. The van der Waals surface area contributed by atoms with Crippen molar-refractivity contribution in [3.05, 3.63) is 82.9 Å². The number of hydrazone groups is 1. The highest BCUT2D eigenvalue weighted by molar-refractivity contribution is 6.33. The smallest absolute Gasteiger partial charge is 0.345 e. The van der Waals surface area contributed by atoms with Gasteiger partial charge in [0.05, 0.1) is 30.5 Å². The van der Waals surface area contributed by atoms with Gasteiger partial charge in [0.1, 0.15) is 0 Å². The molecule has 0 saturated carbocycles. The molecule has 3 aromatic rings. The fourth-order valence-electron chi connectivity index (χ4n) is 2.83. The van der Waals surface area contributed by atoms with Crippen LogP contribution in [0.25, 0.3) is 0 Å². The van der Waals surface area contributed by atoms with Gasteiger partial charge in [-0.1, -0.05) is 35.9 Å². The second-order valence-electron chi connectivity index (χ2n) is 6.74. The van der Waals surface area contributed by atoms with Crippen LogP contribution in [0.1, 0.15) is 22.8 Å². The minimum atomic E-state index is -0.608. The molecule has 0 spiro atoms. The average molecular weight is 483 g/mol. The van der Waals surface area contributed by atoms with Gasteiger partial charge in [-0.25, -0.2) is 10.2 Å². The molecule has 1 N–H and O–H groups in total. The fourth-order valence-corrected chi connectivity index (χ4v) is 3.04. The lowest BCUT2D eigenvalue weighted by molar-refractivity contribution is -0.123. The Kier molecular flexibility index (Phi) is 8.88. The highest BCUT2D eigenvalue weighted by atomic mass is 35.5. The summed E-state index contributed by atoms with van der Waals surface area (Å²) in [7, 11) is 1.45. The Bertz CT molecular complexity index is 1180. The second kappa shape index (κ2) is 12.3. The molecular weight excluding hydrogens is 460 g/mol. The molecule has 0 aromatic heterocycles. The van der Waals surface area contributed by atoms with Crippen molar-refractivity contribution in [3.63, 3.8) is 0 Å². The van der Waals surface area contributed by atoms with Gasteiger partial charge in [-0.2, -0.15) is 5.10 Å². The third-order valence-electron chi connectivity index (χ3n) is 4.39. The number of carbonyl (C=O) groups excluding carboxylic acids is 2. The molecule has 3 rings (SSSR count). The van der Waals surface area contributed by atoms with E-state index in [2.05, 4.69) is 10.5 Å². The van der Waals surface area contributed by atoms with Crippen LogP contribution in [-0.2, 0) is 4.79 Å². The van der Waals surface area contributed by atoms with Crippen LogP contribution >= 0.6 is 11.6 Å². The number of halogens is 1. The number of carbonyl (C=O) groups is 2. The van der Waals surface area contributed by atoms with Crippen molar-refractivity contribution in [3.8, 4) is 23.0 Å². The van der Waals surface area contributed by atoms with Crippen LogP contribution in [-0.4, -0.2) is 38.4 Å². The summed E-state index contributed by atoms with van der Waals surface area (Å²) in [4.78, 5) is 24.5. The minimum absolute atomic E-state index is 0.218. The molecule has 0 fully saturated rings. The Morgan fingerprint density at radius 3 is 2.35 bits per heavy atom. The van der Waals surface area contributed by atoms with E-state index in [1.807, 2.05) is 13.0 Å². The summed E-state index contributed by atoms with van der Waals surface area (Å²) >= 11 is 6.05. The number of benzene rings is 3. The summed E-state index contributed by atoms with van der Waals surface area (Å²) < 4.78 is 21.7. The van der Waals surface area contributed by atoms with Crippen LogP contribution in [0.4, 0.5) is 0 Å². The maximum Gasteiger partial charge on any atom is 0.345 e. The lowest BCUT2D eigenvalue weighted by Gasteiger charge is -2.11. The number of para-hydroxylation sites is 2. The zero-order valence-electron chi connectivity index (χ0n) is 18.6. The molecule has 0 aliphatic carbocycles. The Morgan fingerprint density at radius 1 is 0.941 bits per heavy atom. The molecular formula is C25H23ClN2O6. The number of hydrogen-bond donors (Lipinski definition) is 1. The highest BCUT2D eigenvalue weighted by Gasteiger charge is 2.15. The molecule has 34 heavy (non-hydrogen) atoms. The van der Waals surface area contributed by atoms with Crippen molar-refractivity contribution < 1.29 is 28.5 Å².